The fourth-order valence-corrected chi connectivity index (χ4v) is 6.52. The number of nitrogens with zero attached hydrogens (tertiary/aromatic N) is 3. The Morgan fingerprint density at radius 3 is 2.31 bits per heavy atom. The SMILES string of the molecule is Cc1nc(F)ccc1Oc1ncc(C(F)(F)F)c(C)c1C(=O)Nc1cccc([S@@](C)(=O)=NC(=O)[C@@H](C)O[Si](C)(C)C(C)(C)C)c1. The molecule has 15 heteroatoms. The highest BCUT2D eigenvalue weighted by atomic mass is 32.2. The van der Waals surface area contributed by atoms with Crippen molar-refractivity contribution in [3.63, 3.8) is 0 Å². The molecular weight excluding hydrogens is 632 g/mol. The summed E-state index contributed by atoms with van der Waals surface area (Å²) in [4.78, 5) is 33.8. The van der Waals surface area contributed by atoms with Crippen LogP contribution in [0.1, 0.15) is 54.9 Å². The maximum absolute atomic E-state index is 13.7. The fraction of sp³-hybridized carbons (Fsp3) is 0.400. The van der Waals surface area contributed by atoms with Crippen molar-refractivity contribution in [3.05, 3.63) is 70.9 Å². The lowest BCUT2D eigenvalue weighted by atomic mass is 10.0. The van der Waals surface area contributed by atoms with Crippen LogP contribution in [-0.4, -0.2) is 46.7 Å². The number of carbonyl (C=O) groups excluding carboxylic acids is 2. The molecule has 244 valence electrons. The Bertz CT molecular complexity index is 1750. The predicted octanol–water partition coefficient (Wildman–Crippen LogP) is 7.69. The van der Waals surface area contributed by atoms with Gasteiger partial charge in [-0.3, -0.25) is 9.59 Å². The van der Waals surface area contributed by atoms with Crippen LogP contribution in [0.25, 0.3) is 0 Å². The van der Waals surface area contributed by atoms with Gasteiger partial charge in [0.25, 0.3) is 11.8 Å². The van der Waals surface area contributed by atoms with E-state index in [0.717, 1.165) is 13.0 Å². The largest absolute Gasteiger partial charge is 0.436 e. The lowest BCUT2D eigenvalue weighted by molar-refractivity contribution is -0.138. The first-order chi connectivity index (χ1) is 20.5. The van der Waals surface area contributed by atoms with Gasteiger partial charge < -0.3 is 14.5 Å². The van der Waals surface area contributed by atoms with E-state index < -0.39 is 70.7 Å². The van der Waals surface area contributed by atoms with Crippen LogP contribution in [0.5, 0.6) is 11.6 Å². The van der Waals surface area contributed by atoms with Crippen LogP contribution in [0.15, 0.2) is 51.9 Å². The summed E-state index contributed by atoms with van der Waals surface area (Å²) in [5, 5.41) is 2.32. The van der Waals surface area contributed by atoms with Crippen molar-refractivity contribution < 1.29 is 40.5 Å². The summed E-state index contributed by atoms with van der Waals surface area (Å²) in [5.74, 6) is -3.02. The van der Waals surface area contributed by atoms with Crippen molar-refractivity contribution in [2.75, 3.05) is 11.6 Å². The maximum Gasteiger partial charge on any atom is 0.418 e. The lowest BCUT2D eigenvalue weighted by Crippen LogP contribution is -2.45. The molecule has 2 atom stereocenters. The molecule has 1 N–H and O–H groups in total. The van der Waals surface area contributed by atoms with Crippen LogP contribution < -0.4 is 10.1 Å². The quantitative estimate of drug-likeness (QED) is 0.148. The predicted molar refractivity (Wildman–Crippen MR) is 165 cm³/mol. The summed E-state index contributed by atoms with van der Waals surface area (Å²) in [6.45, 7) is 14.1. The number of pyridine rings is 2. The molecule has 0 aliphatic carbocycles. The van der Waals surface area contributed by atoms with Crippen molar-refractivity contribution >= 4 is 35.5 Å². The van der Waals surface area contributed by atoms with E-state index in [-0.39, 0.29) is 27.1 Å². The minimum atomic E-state index is -4.83. The third-order valence-electron chi connectivity index (χ3n) is 7.46. The summed E-state index contributed by atoms with van der Waals surface area (Å²) in [6.07, 6.45) is -3.97. The number of hydrogen-bond acceptors (Lipinski definition) is 7. The molecule has 2 amide bonds. The molecule has 2 aromatic heterocycles. The van der Waals surface area contributed by atoms with Crippen molar-refractivity contribution in [1.29, 1.82) is 0 Å². The topological polar surface area (TPSA) is 120 Å². The molecule has 0 saturated carbocycles. The van der Waals surface area contributed by atoms with E-state index in [1.165, 1.54) is 43.5 Å². The number of benzene rings is 1. The molecule has 0 radical (unpaired) electrons. The Morgan fingerprint density at radius 2 is 1.73 bits per heavy atom. The number of anilines is 1. The molecule has 3 rings (SSSR count). The zero-order valence-corrected chi connectivity index (χ0v) is 28.2. The Balaban J connectivity index is 1.97. The lowest BCUT2D eigenvalue weighted by Gasteiger charge is -2.37. The van der Waals surface area contributed by atoms with Gasteiger partial charge in [-0.2, -0.15) is 21.9 Å². The average molecular weight is 669 g/mol. The number of nitrogens with one attached hydrogen (secondary N) is 1. The standard InChI is InChI=1S/C30H36F4N4O5SSi/c1-17-22(30(32,33)34)16-35-28(42-23-13-14-24(31)36-18(23)2)25(17)27(40)37-20-11-10-12-21(15-20)44(7,41)38-26(39)19(3)43-45(8,9)29(4,5)6/h10-16,19H,1-9H3,(H,37,40)/t19-,44-/m1/s1. The molecule has 0 saturated heterocycles. The van der Waals surface area contributed by atoms with Crippen molar-refractivity contribution in [2.45, 2.75) is 76.9 Å². The summed E-state index contributed by atoms with van der Waals surface area (Å²) < 4.78 is 83.9. The van der Waals surface area contributed by atoms with E-state index in [4.69, 9.17) is 9.16 Å². The zero-order valence-electron chi connectivity index (χ0n) is 26.4. The Kier molecular flexibility index (Phi) is 10.3. The molecule has 0 fully saturated rings. The normalized spacial score (nSPS) is 14.3. The number of ether oxygens (including phenoxy) is 1. The van der Waals surface area contributed by atoms with Crippen LogP contribution in [0.3, 0.4) is 0 Å². The number of halogens is 4. The first kappa shape index (κ1) is 35.8. The molecule has 1 aromatic carbocycles. The van der Waals surface area contributed by atoms with Gasteiger partial charge in [0.05, 0.1) is 21.0 Å². The van der Waals surface area contributed by atoms with Gasteiger partial charge in [-0.25, -0.2) is 14.2 Å². The molecule has 3 aromatic rings. The number of amides is 2. The van der Waals surface area contributed by atoms with E-state index >= 15 is 0 Å². The Hall–Kier alpha value is -3.69. The van der Waals surface area contributed by atoms with E-state index in [2.05, 4.69) is 19.6 Å². The van der Waals surface area contributed by atoms with E-state index in [1.807, 2.05) is 33.9 Å². The maximum atomic E-state index is 13.7. The Morgan fingerprint density at radius 1 is 1.09 bits per heavy atom. The van der Waals surface area contributed by atoms with Crippen LogP contribution in [-0.2, 0) is 25.1 Å². The third kappa shape index (κ3) is 8.52. The van der Waals surface area contributed by atoms with Crippen molar-refractivity contribution in [3.8, 4) is 11.6 Å². The fourth-order valence-electron chi connectivity index (χ4n) is 3.91. The smallest absolute Gasteiger partial charge is 0.418 e. The van der Waals surface area contributed by atoms with Gasteiger partial charge in [-0.05, 0) is 74.8 Å². The van der Waals surface area contributed by atoms with Crippen LogP contribution in [0.4, 0.5) is 23.2 Å². The van der Waals surface area contributed by atoms with Crippen LogP contribution in [0.2, 0.25) is 18.1 Å². The molecule has 0 aliphatic rings. The second-order valence-electron chi connectivity index (χ2n) is 12.0. The highest BCUT2D eigenvalue weighted by molar-refractivity contribution is 7.93. The first-order valence-electron chi connectivity index (χ1n) is 13.8. The molecular formula is C30H36F4N4O5SSi. The van der Waals surface area contributed by atoms with E-state index in [9.17, 15) is 31.4 Å². The minimum absolute atomic E-state index is 0.0251. The molecule has 0 aliphatic heterocycles. The van der Waals surface area contributed by atoms with Gasteiger partial charge >= 0.3 is 6.18 Å². The average Bonchev–Trinajstić information content (AvgIpc) is 2.88. The van der Waals surface area contributed by atoms with E-state index in [1.54, 1.807) is 6.92 Å². The number of rotatable bonds is 8. The van der Waals surface area contributed by atoms with Gasteiger partial charge in [0.2, 0.25) is 11.8 Å². The molecule has 0 spiro atoms. The Labute approximate surface area is 261 Å². The molecule has 0 unspecified atom stereocenters. The highest BCUT2D eigenvalue weighted by Crippen LogP contribution is 2.38. The van der Waals surface area contributed by atoms with Crippen LogP contribution in [0, 0.1) is 19.8 Å². The molecule has 2 heterocycles. The third-order valence-corrected chi connectivity index (χ3v) is 13.7. The second kappa shape index (κ2) is 13.0. The van der Waals surface area contributed by atoms with Gasteiger partial charge in [-0.1, -0.05) is 26.8 Å². The summed E-state index contributed by atoms with van der Waals surface area (Å²) in [6, 6.07) is 7.82. The zero-order chi connectivity index (χ0) is 34.1. The van der Waals surface area contributed by atoms with Crippen molar-refractivity contribution in [2.24, 2.45) is 4.36 Å². The van der Waals surface area contributed by atoms with Crippen LogP contribution >= 0.6 is 0 Å². The monoisotopic (exact) mass is 668 g/mol. The number of alkyl halides is 3. The summed E-state index contributed by atoms with van der Waals surface area (Å²) >= 11 is 0. The van der Waals surface area contributed by atoms with Crippen molar-refractivity contribution in [1.82, 2.24) is 9.97 Å². The van der Waals surface area contributed by atoms with Gasteiger partial charge in [0.15, 0.2) is 14.1 Å². The summed E-state index contributed by atoms with van der Waals surface area (Å²) in [5.41, 5.74) is -2.03. The number of carbonyl (C=O) groups is 2. The summed E-state index contributed by atoms with van der Waals surface area (Å²) in [7, 11) is -5.65. The van der Waals surface area contributed by atoms with Gasteiger partial charge in [0.1, 0.15) is 11.7 Å². The number of hydrogen-bond donors (Lipinski definition) is 1. The highest BCUT2D eigenvalue weighted by Gasteiger charge is 2.40. The number of aromatic nitrogens is 2. The molecule has 45 heavy (non-hydrogen) atoms. The van der Waals surface area contributed by atoms with Gasteiger partial charge in [-0.15, -0.1) is 0 Å². The molecule has 9 nitrogen and oxygen atoms in total. The minimum Gasteiger partial charge on any atom is -0.436 e. The second-order valence-corrected chi connectivity index (χ2v) is 19.0. The first-order valence-corrected chi connectivity index (χ1v) is 18.6. The molecule has 0 bridgehead atoms. The van der Waals surface area contributed by atoms with E-state index in [0.29, 0.717) is 6.20 Å². The number of aryl methyl sites for hydroxylation is 1. The van der Waals surface area contributed by atoms with Gasteiger partial charge in [0, 0.05) is 23.0 Å².